The third kappa shape index (κ3) is 3.50. The number of aryl methyl sites for hydroxylation is 1. The maximum absolute atomic E-state index is 12.5. The molecule has 8 heteroatoms. The van der Waals surface area contributed by atoms with E-state index in [9.17, 15) is 9.59 Å². The van der Waals surface area contributed by atoms with E-state index in [1.807, 2.05) is 0 Å². The van der Waals surface area contributed by atoms with Crippen LogP contribution in [-0.4, -0.2) is 28.5 Å². The molecule has 1 amide bonds. The van der Waals surface area contributed by atoms with E-state index < -0.39 is 18.4 Å². The Morgan fingerprint density at radius 1 is 1.38 bits per heavy atom. The number of amides is 1. The zero-order chi connectivity index (χ0) is 15.6. The number of thiazole rings is 1. The molecule has 0 unspecified atom stereocenters. The quantitative estimate of drug-likeness (QED) is 0.899. The summed E-state index contributed by atoms with van der Waals surface area (Å²) in [6, 6.07) is 6.35. The average molecular weight is 326 g/mol. The second-order valence-electron chi connectivity index (χ2n) is 4.23. The largest absolute Gasteiger partial charge is 0.480 e. The van der Waals surface area contributed by atoms with E-state index in [1.54, 1.807) is 31.2 Å². The molecular weight excluding hydrogens is 314 g/mol. The standard InChI is InChI=1S/C13H12ClN3O3S/c1-7-11(21-13(15)16-7)12(20)17(6-10(18)19)9-4-2-8(14)3-5-9/h2-5H,6H2,1H3,(H2,15,16)(H,18,19). The average Bonchev–Trinajstić information content (AvgIpc) is 2.75. The second kappa shape index (κ2) is 6.11. The fourth-order valence-corrected chi connectivity index (χ4v) is 2.68. The van der Waals surface area contributed by atoms with Gasteiger partial charge in [0.25, 0.3) is 5.91 Å². The predicted molar refractivity (Wildman–Crippen MR) is 82.0 cm³/mol. The molecule has 0 atom stereocenters. The first kappa shape index (κ1) is 15.3. The van der Waals surface area contributed by atoms with Crippen LogP contribution in [0.5, 0.6) is 0 Å². The molecule has 0 saturated heterocycles. The molecule has 0 bridgehead atoms. The number of aromatic nitrogens is 1. The smallest absolute Gasteiger partial charge is 0.323 e. The Hall–Kier alpha value is -2.12. The molecule has 110 valence electrons. The molecule has 3 N–H and O–H groups in total. The minimum absolute atomic E-state index is 0.266. The Morgan fingerprint density at radius 3 is 2.48 bits per heavy atom. The highest BCUT2D eigenvalue weighted by molar-refractivity contribution is 7.17. The summed E-state index contributed by atoms with van der Waals surface area (Å²) in [6.45, 7) is 1.19. The van der Waals surface area contributed by atoms with E-state index in [4.69, 9.17) is 22.4 Å². The van der Waals surface area contributed by atoms with Crippen LogP contribution in [0, 0.1) is 6.92 Å². The summed E-state index contributed by atoms with van der Waals surface area (Å²) < 4.78 is 0. The van der Waals surface area contributed by atoms with Crippen molar-refractivity contribution >= 4 is 45.6 Å². The molecule has 0 radical (unpaired) electrons. The number of carbonyl (C=O) groups excluding carboxylic acids is 1. The molecule has 1 heterocycles. The second-order valence-corrected chi connectivity index (χ2v) is 5.70. The van der Waals surface area contributed by atoms with Crippen molar-refractivity contribution in [3.8, 4) is 0 Å². The number of anilines is 2. The number of nitrogens with two attached hydrogens (primary N) is 1. The van der Waals surface area contributed by atoms with E-state index in [1.165, 1.54) is 0 Å². The molecule has 0 aliphatic rings. The molecule has 1 aromatic carbocycles. The Labute approximate surface area is 129 Å². The van der Waals surface area contributed by atoms with Crippen molar-refractivity contribution in [1.29, 1.82) is 0 Å². The van der Waals surface area contributed by atoms with Gasteiger partial charge in [-0.05, 0) is 31.2 Å². The van der Waals surface area contributed by atoms with Gasteiger partial charge >= 0.3 is 5.97 Å². The molecule has 6 nitrogen and oxygen atoms in total. The molecule has 0 aliphatic carbocycles. The van der Waals surface area contributed by atoms with Crippen LogP contribution in [0.3, 0.4) is 0 Å². The van der Waals surface area contributed by atoms with Crippen LogP contribution < -0.4 is 10.6 Å². The molecule has 1 aromatic heterocycles. The first-order valence-electron chi connectivity index (χ1n) is 5.90. The van der Waals surface area contributed by atoms with Gasteiger partial charge in [0.15, 0.2) is 5.13 Å². The molecule has 0 saturated carbocycles. The van der Waals surface area contributed by atoms with E-state index in [0.29, 0.717) is 21.3 Å². The zero-order valence-corrected chi connectivity index (χ0v) is 12.6. The number of carboxylic acid groups (broad SMARTS) is 1. The number of hydrogen-bond acceptors (Lipinski definition) is 5. The Balaban J connectivity index is 2.40. The first-order valence-corrected chi connectivity index (χ1v) is 7.10. The summed E-state index contributed by atoms with van der Waals surface area (Å²) in [5.74, 6) is -1.57. The Bertz CT molecular complexity index is 684. The lowest BCUT2D eigenvalue weighted by Crippen LogP contribution is -2.35. The van der Waals surface area contributed by atoms with Gasteiger partial charge in [0, 0.05) is 10.7 Å². The fourth-order valence-electron chi connectivity index (χ4n) is 1.77. The normalized spacial score (nSPS) is 10.4. The number of rotatable bonds is 4. The maximum atomic E-state index is 12.5. The van der Waals surface area contributed by atoms with Crippen LogP contribution in [0.2, 0.25) is 5.02 Å². The minimum Gasteiger partial charge on any atom is -0.480 e. The zero-order valence-electron chi connectivity index (χ0n) is 11.0. The fraction of sp³-hybridized carbons (Fsp3) is 0.154. The molecule has 2 rings (SSSR count). The maximum Gasteiger partial charge on any atom is 0.323 e. The van der Waals surface area contributed by atoms with Crippen molar-refractivity contribution in [1.82, 2.24) is 4.98 Å². The summed E-state index contributed by atoms with van der Waals surface area (Å²) in [4.78, 5) is 29.0. The third-order valence-corrected chi connectivity index (χ3v) is 3.91. The molecule has 0 spiro atoms. The van der Waals surface area contributed by atoms with Gasteiger partial charge < -0.3 is 10.8 Å². The number of hydrogen-bond donors (Lipinski definition) is 2. The first-order chi connectivity index (χ1) is 9.88. The van der Waals surface area contributed by atoms with E-state index in [0.717, 1.165) is 16.2 Å². The van der Waals surface area contributed by atoms with Gasteiger partial charge in [-0.15, -0.1) is 0 Å². The summed E-state index contributed by atoms with van der Waals surface area (Å²) in [5, 5.41) is 9.78. The highest BCUT2D eigenvalue weighted by Gasteiger charge is 2.24. The van der Waals surface area contributed by atoms with Crippen molar-refractivity contribution in [2.75, 3.05) is 17.2 Å². The lowest BCUT2D eigenvalue weighted by atomic mass is 10.2. The summed E-state index contributed by atoms with van der Waals surface area (Å²) >= 11 is 6.84. The van der Waals surface area contributed by atoms with Crippen molar-refractivity contribution < 1.29 is 14.7 Å². The van der Waals surface area contributed by atoms with Gasteiger partial charge in [0.05, 0.1) is 5.69 Å². The minimum atomic E-state index is -1.12. The Morgan fingerprint density at radius 2 is 2.00 bits per heavy atom. The monoisotopic (exact) mass is 325 g/mol. The highest BCUT2D eigenvalue weighted by Crippen LogP contribution is 2.25. The molecule has 0 fully saturated rings. The van der Waals surface area contributed by atoms with Gasteiger partial charge in [0.2, 0.25) is 0 Å². The number of carbonyl (C=O) groups is 2. The van der Waals surface area contributed by atoms with Gasteiger partial charge in [-0.2, -0.15) is 0 Å². The van der Waals surface area contributed by atoms with Crippen molar-refractivity contribution in [2.24, 2.45) is 0 Å². The Kier molecular flexibility index (Phi) is 4.44. The van der Waals surface area contributed by atoms with Crippen LogP contribution in [0.15, 0.2) is 24.3 Å². The number of aliphatic carboxylic acids is 1. The molecule has 21 heavy (non-hydrogen) atoms. The number of nitrogen functional groups attached to an aromatic ring is 1. The SMILES string of the molecule is Cc1nc(N)sc1C(=O)N(CC(=O)O)c1ccc(Cl)cc1. The van der Waals surface area contributed by atoms with E-state index in [2.05, 4.69) is 4.98 Å². The molecule has 2 aromatic rings. The van der Waals surface area contributed by atoms with Crippen LogP contribution in [0.4, 0.5) is 10.8 Å². The van der Waals surface area contributed by atoms with Crippen LogP contribution >= 0.6 is 22.9 Å². The summed E-state index contributed by atoms with van der Waals surface area (Å²) in [7, 11) is 0. The van der Waals surface area contributed by atoms with E-state index >= 15 is 0 Å². The lowest BCUT2D eigenvalue weighted by Gasteiger charge is -2.20. The number of carboxylic acids is 1. The van der Waals surface area contributed by atoms with Crippen LogP contribution in [0.25, 0.3) is 0 Å². The van der Waals surface area contributed by atoms with Gasteiger partial charge in [-0.25, -0.2) is 4.98 Å². The van der Waals surface area contributed by atoms with Crippen LogP contribution in [0.1, 0.15) is 15.4 Å². The lowest BCUT2D eigenvalue weighted by molar-refractivity contribution is -0.135. The van der Waals surface area contributed by atoms with Gasteiger partial charge in [-0.3, -0.25) is 14.5 Å². The van der Waals surface area contributed by atoms with Gasteiger partial charge in [-0.1, -0.05) is 22.9 Å². The van der Waals surface area contributed by atoms with Crippen LogP contribution in [-0.2, 0) is 4.79 Å². The number of benzene rings is 1. The summed E-state index contributed by atoms with van der Waals surface area (Å²) in [5.41, 5.74) is 6.50. The van der Waals surface area contributed by atoms with Crippen molar-refractivity contribution in [3.63, 3.8) is 0 Å². The third-order valence-electron chi connectivity index (χ3n) is 2.68. The predicted octanol–water partition coefficient (Wildman–Crippen LogP) is 2.42. The van der Waals surface area contributed by atoms with E-state index in [-0.39, 0.29) is 5.13 Å². The highest BCUT2D eigenvalue weighted by atomic mass is 35.5. The number of nitrogens with zero attached hydrogens (tertiary/aromatic N) is 2. The van der Waals surface area contributed by atoms with Crippen molar-refractivity contribution in [3.05, 3.63) is 39.9 Å². The molecular formula is C13H12ClN3O3S. The van der Waals surface area contributed by atoms with Crippen molar-refractivity contribution in [2.45, 2.75) is 6.92 Å². The molecule has 0 aliphatic heterocycles. The topological polar surface area (TPSA) is 96.5 Å². The van der Waals surface area contributed by atoms with Gasteiger partial charge in [0.1, 0.15) is 11.4 Å². The number of halogens is 1. The summed E-state index contributed by atoms with van der Waals surface area (Å²) in [6.07, 6.45) is 0.